The van der Waals surface area contributed by atoms with Gasteiger partial charge < -0.3 is 9.80 Å². The Bertz CT molecular complexity index is 774. The van der Waals surface area contributed by atoms with Crippen LogP contribution >= 0.6 is 0 Å². The van der Waals surface area contributed by atoms with Gasteiger partial charge in [-0.3, -0.25) is 14.7 Å². The van der Waals surface area contributed by atoms with Crippen molar-refractivity contribution in [1.29, 1.82) is 0 Å². The molecule has 0 saturated carbocycles. The molecule has 0 bridgehead atoms. The summed E-state index contributed by atoms with van der Waals surface area (Å²) in [4.78, 5) is 33.2. The lowest BCUT2D eigenvalue weighted by Crippen LogP contribution is -2.50. The summed E-state index contributed by atoms with van der Waals surface area (Å²) in [6.07, 6.45) is 4.90. The van der Waals surface area contributed by atoms with E-state index >= 15 is 0 Å². The molecule has 25 heavy (non-hydrogen) atoms. The van der Waals surface area contributed by atoms with Crippen molar-refractivity contribution in [1.82, 2.24) is 25.0 Å². The van der Waals surface area contributed by atoms with Crippen molar-refractivity contribution in [3.8, 4) is 11.4 Å². The van der Waals surface area contributed by atoms with Gasteiger partial charge in [0.25, 0.3) is 5.91 Å². The third-order valence-corrected chi connectivity index (χ3v) is 5.06. The number of rotatable bonds is 3. The topological polar surface area (TPSA) is 82.2 Å². The predicted octanol–water partition coefficient (Wildman–Crippen LogP) is 1.70. The molecule has 1 aromatic heterocycles. The molecule has 2 saturated heterocycles. The lowest BCUT2D eigenvalue weighted by molar-refractivity contribution is -0.130. The number of carbonyl (C=O) groups is 2. The Kier molecular flexibility index (Phi) is 4.21. The zero-order chi connectivity index (χ0) is 17.2. The summed E-state index contributed by atoms with van der Waals surface area (Å²) in [7, 11) is 0. The number of piperidine rings is 1. The highest BCUT2D eigenvalue weighted by atomic mass is 16.2. The van der Waals surface area contributed by atoms with Crippen molar-refractivity contribution < 1.29 is 9.59 Å². The summed E-state index contributed by atoms with van der Waals surface area (Å²) >= 11 is 0. The number of benzene rings is 1. The van der Waals surface area contributed by atoms with E-state index in [1.807, 2.05) is 34.1 Å². The van der Waals surface area contributed by atoms with Gasteiger partial charge >= 0.3 is 0 Å². The second-order valence-electron chi connectivity index (χ2n) is 6.62. The van der Waals surface area contributed by atoms with E-state index in [-0.39, 0.29) is 17.9 Å². The first kappa shape index (κ1) is 15.8. The fraction of sp³-hybridized carbons (Fsp3) is 0.444. The molecule has 0 aliphatic carbocycles. The number of aromatic nitrogens is 3. The number of hydrogen-bond donors (Lipinski definition) is 1. The number of carbonyl (C=O) groups excluding carboxylic acids is 2. The van der Waals surface area contributed by atoms with Gasteiger partial charge in [-0.25, -0.2) is 4.98 Å². The van der Waals surface area contributed by atoms with Crippen molar-refractivity contribution in [2.24, 2.45) is 0 Å². The highest BCUT2D eigenvalue weighted by Gasteiger charge is 2.33. The van der Waals surface area contributed by atoms with Crippen molar-refractivity contribution in [2.75, 3.05) is 19.6 Å². The van der Waals surface area contributed by atoms with E-state index in [2.05, 4.69) is 15.2 Å². The minimum Gasteiger partial charge on any atom is -0.338 e. The van der Waals surface area contributed by atoms with Gasteiger partial charge in [0.1, 0.15) is 6.33 Å². The molecule has 1 N–H and O–H groups in total. The Labute approximate surface area is 146 Å². The van der Waals surface area contributed by atoms with Gasteiger partial charge in [-0.1, -0.05) is 18.2 Å². The van der Waals surface area contributed by atoms with Gasteiger partial charge in [0.2, 0.25) is 5.91 Å². The fourth-order valence-electron chi connectivity index (χ4n) is 3.83. The lowest BCUT2D eigenvalue weighted by Gasteiger charge is -2.37. The van der Waals surface area contributed by atoms with Crippen molar-refractivity contribution in [3.05, 3.63) is 36.2 Å². The van der Waals surface area contributed by atoms with Crippen molar-refractivity contribution in [3.63, 3.8) is 0 Å². The van der Waals surface area contributed by atoms with Crippen molar-refractivity contribution >= 4 is 11.8 Å². The third-order valence-electron chi connectivity index (χ3n) is 5.06. The summed E-state index contributed by atoms with van der Waals surface area (Å²) in [6.45, 7) is 2.15. The molecule has 0 unspecified atom stereocenters. The monoisotopic (exact) mass is 339 g/mol. The van der Waals surface area contributed by atoms with Crippen LogP contribution in [0.25, 0.3) is 11.4 Å². The maximum atomic E-state index is 13.1. The highest BCUT2D eigenvalue weighted by Crippen LogP contribution is 2.25. The first-order valence-corrected chi connectivity index (χ1v) is 8.77. The van der Waals surface area contributed by atoms with Crippen LogP contribution in [-0.2, 0) is 4.79 Å². The van der Waals surface area contributed by atoms with Crippen LogP contribution in [0.3, 0.4) is 0 Å². The summed E-state index contributed by atoms with van der Waals surface area (Å²) in [5.74, 6) is 0.803. The van der Waals surface area contributed by atoms with Crippen LogP contribution in [0.1, 0.15) is 36.0 Å². The van der Waals surface area contributed by atoms with Gasteiger partial charge in [-0.05, 0) is 25.3 Å². The largest absolute Gasteiger partial charge is 0.338 e. The molecule has 2 fully saturated rings. The highest BCUT2D eigenvalue weighted by molar-refractivity contribution is 6.00. The van der Waals surface area contributed by atoms with Gasteiger partial charge in [0.05, 0.1) is 5.56 Å². The molecule has 2 amide bonds. The molecule has 2 aliphatic heterocycles. The Hall–Kier alpha value is -2.70. The zero-order valence-corrected chi connectivity index (χ0v) is 14.0. The average molecular weight is 339 g/mol. The van der Waals surface area contributed by atoms with Gasteiger partial charge in [-0.15, -0.1) is 0 Å². The number of nitrogens with zero attached hydrogens (tertiary/aromatic N) is 4. The molecule has 4 rings (SSSR count). The standard InChI is InChI=1S/C18H21N5O2/c24-16-8-4-10-23(16)13-5-3-9-22(11-13)18(25)15-7-2-1-6-14(15)17-19-12-20-21-17/h1-2,6-7,12-13H,3-5,8-11H2,(H,19,20,21)/t13-/m0/s1. The van der Waals surface area contributed by atoms with E-state index in [0.29, 0.717) is 24.4 Å². The van der Waals surface area contributed by atoms with E-state index in [1.54, 1.807) is 0 Å². The number of aromatic amines is 1. The molecular formula is C18H21N5O2. The van der Waals surface area contributed by atoms with E-state index in [0.717, 1.165) is 37.9 Å². The van der Waals surface area contributed by atoms with Crippen molar-refractivity contribution in [2.45, 2.75) is 31.7 Å². The molecule has 2 aromatic rings. The van der Waals surface area contributed by atoms with Crippen LogP contribution in [-0.4, -0.2) is 62.5 Å². The SMILES string of the molecule is O=C(c1ccccc1-c1ncn[nH]1)N1CCC[C@H](N2CCCC2=O)C1. The molecular weight excluding hydrogens is 318 g/mol. The van der Waals surface area contributed by atoms with E-state index in [1.165, 1.54) is 6.33 Å². The molecule has 1 aromatic carbocycles. The zero-order valence-electron chi connectivity index (χ0n) is 14.0. The first-order chi connectivity index (χ1) is 12.2. The van der Waals surface area contributed by atoms with E-state index in [4.69, 9.17) is 0 Å². The minimum absolute atomic E-state index is 0.0108. The van der Waals surface area contributed by atoms with E-state index < -0.39 is 0 Å². The van der Waals surface area contributed by atoms with Crippen LogP contribution in [0, 0.1) is 0 Å². The second kappa shape index (κ2) is 6.66. The number of nitrogens with one attached hydrogen (secondary N) is 1. The molecule has 7 heteroatoms. The van der Waals surface area contributed by atoms with Crippen LogP contribution < -0.4 is 0 Å². The van der Waals surface area contributed by atoms with Crippen LogP contribution in [0.2, 0.25) is 0 Å². The van der Waals surface area contributed by atoms with Crippen LogP contribution in [0.15, 0.2) is 30.6 Å². The summed E-state index contributed by atoms with van der Waals surface area (Å²) < 4.78 is 0. The third kappa shape index (κ3) is 3.01. The fourth-order valence-corrected chi connectivity index (χ4v) is 3.83. The van der Waals surface area contributed by atoms with Crippen LogP contribution in [0.4, 0.5) is 0 Å². The molecule has 1 atom stereocenters. The number of amides is 2. The molecule has 0 spiro atoms. The molecule has 2 aliphatic rings. The Morgan fingerprint density at radius 3 is 2.84 bits per heavy atom. The molecule has 3 heterocycles. The predicted molar refractivity (Wildman–Crippen MR) is 91.7 cm³/mol. The summed E-state index contributed by atoms with van der Waals surface area (Å²) in [5, 5.41) is 6.71. The van der Waals surface area contributed by atoms with Gasteiger partial charge in [0.15, 0.2) is 5.82 Å². The smallest absolute Gasteiger partial charge is 0.254 e. The Balaban J connectivity index is 1.56. The quantitative estimate of drug-likeness (QED) is 0.923. The Morgan fingerprint density at radius 2 is 2.08 bits per heavy atom. The second-order valence-corrected chi connectivity index (χ2v) is 6.62. The van der Waals surface area contributed by atoms with Gasteiger partial charge in [-0.2, -0.15) is 5.10 Å². The lowest BCUT2D eigenvalue weighted by atomic mass is 10.0. The maximum absolute atomic E-state index is 13.1. The normalized spacial score (nSPS) is 21.0. The number of likely N-dealkylation sites (tertiary alicyclic amines) is 2. The number of hydrogen-bond acceptors (Lipinski definition) is 4. The summed E-state index contributed by atoms with van der Waals surface area (Å²) in [5.41, 5.74) is 1.37. The molecule has 130 valence electrons. The molecule has 7 nitrogen and oxygen atoms in total. The molecule has 0 radical (unpaired) electrons. The van der Waals surface area contributed by atoms with E-state index in [9.17, 15) is 9.59 Å². The summed E-state index contributed by atoms with van der Waals surface area (Å²) in [6, 6.07) is 7.59. The maximum Gasteiger partial charge on any atom is 0.254 e. The Morgan fingerprint density at radius 1 is 1.20 bits per heavy atom. The van der Waals surface area contributed by atoms with Gasteiger partial charge in [0, 0.05) is 37.7 Å². The average Bonchev–Trinajstić information content (AvgIpc) is 3.33. The van der Waals surface area contributed by atoms with Crippen LogP contribution in [0.5, 0.6) is 0 Å². The number of H-pyrrole nitrogens is 1. The minimum atomic E-state index is -0.0108. The first-order valence-electron chi connectivity index (χ1n) is 8.77.